The molecule has 0 aliphatic rings. The van der Waals surface area contributed by atoms with Gasteiger partial charge in [0.2, 0.25) is 0 Å². The van der Waals surface area contributed by atoms with Crippen molar-refractivity contribution < 1.29 is 9.47 Å². The van der Waals surface area contributed by atoms with Crippen LogP contribution in [0.3, 0.4) is 0 Å². The molecule has 0 amide bonds. The van der Waals surface area contributed by atoms with Crippen LogP contribution in [0.1, 0.15) is 11.5 Å². The van der Waals surface area contributed by atoms with E-state index in [-0.39, 0.29) is 0 Å². The zero-order valence-corrected chi connectivity index (χ0v) is 10.9. The van der Waals surface area contributed by atoms with E-state index in [1.807, 2.05) is 37.3 Å². The molecule has 5 heteroatoms. The second kappa shape index (κ2) is 6.70. The van der Waals surface area contributed by atoms with E-state index in [1.54, 1.807) is 6.07 Å². The predicted octanol–water partition coefficient (Wildman–Crippen LogP) is 1.96. The summed E-state index contributed by atoms with van der Waals surface area (Å²) in [7, 11) is 0. The summed E-state index contributed by atoms with van der Waals surface area (Å²) in [6.45, 7) is 3.18. The average Bonchev–Trinajstić information content (AvgIpc) is 2.38. The minimum Gasteiger partial charge on any atom is -0.491 e. The molecule has 19 heavy (non-hydrogen) atoms. The Hall–Kier alpha value is -2.14. The molecule has 1 aromatic carbocycles. The van der Waals surface area contributed by atoms with Crippen LogP contribution in [0.2, 0.25) is 0 Å². The summed E-state index contributed by atoms with van der Waals surface area (Å²) in [5, 5.41) is 0. The number of aryl methyl sites for hydroxylation is 1. The molecular formula is C14H17N3O2. The lowest BCUT2D eigenvalue weighted by Gasteiger charge is -2.07. The number of nitrogens with zero attached hydrogens (tertiary/aromatic N) is 2. The predicted molar refractivity (Wildman–Crippen MR) is 72.8 cm³/mol. The van der Waals surface area contributed by atoms with Crippen LogP contribution in [0.15, 0.2) is 36.4 Å². The standard InChI is InChI=1S/C14H17N3O2/c1-11-9-13(15)17-14(16-11)10-18-7-8-19-12-5-3-2-4-6-12/h2-6,9H,7-8,10H2,1H3,(H2,15,16,17). The fraction of sp³-hybridized carbons (Fsp3) is 0.286. The van der Waals surface area contributed by atoms with Gasteiger partial charge in [0.1, 0.15) is 24.8 Å². The lowest BCUT2D eigenvalue weighted by atomic mass is 10.3. The molecule has 0 unspecified atom stereocenters. The van der Waals surface area contributed by atoms with E-state index in [0.717, 1.165) is 11.4 Å². The number of hydrogen-bond donors (Lipinski definition) is 1. The third-order valence-corrected chi connectivity index (χ3v) is 2.39. The van der Waals surface area contributed by atoms with Gasteiger partial charge in [-0.1, -0.05) is 18.2 Å². The van der Waals surface area contributed by atoms with Crippen molar-refractivity contribution in [2.24, 2.45) is 0 Å². The van der Waals surface area contributed by atoms with Gasteiger partial charge in [-0.3, -0.25) is 0 Å². The summed E-state index contributed by atoms with van der Waals surface area (Å²) < 4.78 is 10.9. The molecule has 0 atom stereocenters. The highest BCUT2D eigenvalue weighted by Crippen LogP contribution is 2.08. The Bertz CT molecular complexity index is 497. The molecule has 0 spiro atoms. The van der Waals surface area contributed by atoms with Crippen molar-refractivity contribution in [3.63, 3.8) is 0 Å². The molecule has 0 bridgehead atoms. The zero-order chi connectivity index (χ0) is 13.5. The van der Waals surface area contributed by atoms with Crippen molar-refractivity contribution in [3.05, 3.63) is 47.9 Å². The van der Waals surface area contributed by atoms with Gasteiger partial charge in [-0.05, 0) is 19.1 Å². The van der Waals surface area contributed by atoms with Crippen LogP contribution in [-0.4, -0.2) is 23.2 Å². The topological polar surface area (TPSA) is 70.3 Å². The highest BCUT2D eigenvalue weighted by atomic mass is 16.5. The van der Waals surface area contributed by atoms with Crippen LogP contribution in [-0.2, 0) is 11.3 Å². The Balaban J connectivity index is 1.69. The van der Waals surface area contributed by atoms with Crippen molar-refractivity contribution in [2.45, 2.75) is 13.5 Å². The van der Waals surface area contributed by atoms with Crippen LogP contribution in [0.5, 0.6) is 5.75 Å². The maximum absolute atomic E-state index is 5.63. The number of aromatic nitrogens is 2. The van der Waals surface area contributed by atoms with E-state index in [4.69, 9.17) is 15.2 Å². The molecule has 0 radical (unpaired) electrons. The average molecular weight is 259 g/mol. The maximum Gasteiger partial charge on any atom is 0.156 e. The van der Waals surface area contributed by atoms with Gasteiger partial charge in [0.15, 0.2) is 5.82 Å². The fourth-order valence-electron chi connectivity index (χ4n) is 1.62. The Kier molecular flexibility index (Phi) is 4.69. The molecule has 1 heterocycles. The van der Waals surface area contributed by atoms with Crippen LogP contribution in [0, 0.1) is 6.92 Å². The molecule has 2 rings (SSSR count). The summed E-state index contributed by atoms with van der Waals surface area (Å²) in [6, 6.07) is 11.3. The lowest BCUT2D eigenvalue weighted by Crippen LogP contribution is -2.09. The highest BCUT2D eigenvalue weighted by molar-refractivity contribution is 5.28. The Morgan fingerprint density at radius 3 is 2.63 bits per heavy atom. The van der Waals surface area contributed by atoms with Gasteiger partial charge in [-0.2, -0.15) is 0 Å². The number of ether oxygens (including phenoxy) is 2. The summed E-state index contributed by atoms with van der Waals surface area (Å²) in [5.41, 5.74) is 6.47. The first-order chi connectivity index (χ1) is 9.24. The molecule has 0 aliphatic heterocycles. The molecule has 0 aliphatic carbocycles. The van der Waals surface area contributed by atoms with E-state index in [0.29, 0.717) is 31.5 Å². The van der Waals surface area contributed by atoms with E-state index in [1.165, 1.54) is 0 Å². The number of hydrogen-bond acceptors (Lipinski definition) is 5. The number of rotatable bonds is 6. The van der Waals surface area contributed by atoms with E-state index in [9.17, 15) is 0 Å². The summed E-state index contributed by atoms with van der Waals surface area (Å²) >= 11 is 0. The number of para-hydroxylation sites is 1. The maximum atomic E-state index is 5.63. The van der Waals surface area contributed by atoms with Gasteiger partial charge in [0.05, 0.1) is 6.61 Å². The Morgan fingerprint density at radius 2 is 1.89 bits per heavy atom. The van der Waals surface area contributed by atoms with Gasteiger partial charge in [-0.25, -0.2) is 9.97 Å². The second-order valence-corrected chi connectivity index (χ2v) is 4.06. The third-order valence-electron chi connectivity index (χ3n) is 2.39. The first-order valence-electron chi connectivity index (χ1n) is 6.09. The normalized spacial score (nSPS) is 10.4. The first kappa shape index (κ1) is 13.3. The van der Waals surface area contributed by atoms with E-state index < -0.39 is 0 Å². The molecule has 0 saturated heterocycles. The number of nitrogen functional groups attached to an aromatic ring is 1. The number of benzene rings is 1. The largest absolute Gasteiger partial charge is 0.491 e. The number of anilines is 1. The van der Waals surface area contributed by atoms with Crippen LogP contribution >= 0.6 is 0 Å². The van der Waals surface area contributed by atoms with Gasteiger partial charge < -0.3 is 15.2 Å². The van der Waals surface area contributed by atoms with Gasteiger partial charge in [0.25, 0.3) is 0 Å². The molecule has 1 aromatic heterocycles. The molecule has 5 nitrogen and oxygen atoms in total. The first-order valence-corrected chi connectivity index (χ1v) is 6.09. The zero-order valence-electron chi connectivity index (χ0n) is 10.9. The lowest BCUT2D eigenvalue weighted by molar-refractivity contribution is 0.0848. The summed E-state index contributed by atoms with van der Waals surface area (Å²) in [4.78, 5) is 8.32. The Morgan fingerprint density at radius 1 is 1.11 bits per heavy atom. The molecule has 100 valence electrons. The third kappa shape index (κ3) is 4.56. The molecule has 0 fully saturated rings. The fourth-order valence-corrected chi connectivity index (χ4v) is 1.62. The van der Waals surface area contributed by atoms with Crippen LogP contribution in [0.4, 0.5) is 5.82 Å². The van der Waals surface area contributed by atoms with Crippen molar-refractivity contribution >= 4 is 5.82 Å². The summed E-state index contributed by atoms with van der Waals surface area (Å²) in [5.74, 6) is 1.89. The molecule has 2 N–H and O–H groups in total. The van der Waals surface area contributed by atoms with Gasteiger partial charge in [0, 0.05) is 11.8 Å². The molecule has 2 aromatic rings. The minimum absolute atomic E-state index is 0.337. The van der Waals surface area contributed by atoms with Crippen LogP contribution < -0.4 is 10.5 Å². The van der Waals surface area contributed by atoms with Crippen LogP contribution in [0.25, 0.3) is 0 Å². The SMILES string of the molecule is Cc1cc(N)nc(COCCOc2ccccc2)n1. The van der Waals surface area contributed by atoms with E-state index >= 15 is 0 Å². The van der Waals surface area contributed by atoms with Gasteiger partial charge >= 0.3 is 0 Å². The van der Waals surface area contributed by atoms with E-state index in [2.05, 4.69) is 9.97 Å². The summed E-state index contributed by atoms with van der Waals surface area (Å²) in [6.07, 6.45) is 0. The van der Waals surface area contributed by atoms with Crippen molar-refractivity contribution in [1.82, 2.24) is 9.97 Å². The quantitative estimate of drug-likeness (QED) is 0.803. The van der Waals surface area contributed by atoms with Crippen molar-refractivity contribution in [3.8, 4) is 5.75 Å². The second-order valence-electron chi connectivity index (χ2n) is 4.06. The minimum atomic E-state index is 0.337. The molecular weight excluding hydrogens is 242 g/mol. The smallest absolute Gasteiger partial charge is 0.156 e. The van der Waals surface area contributed by atoms with Crippen molar-refractivity contribution in [1.29, 1.82) is 0 Å². The number of nitrogens with two attached hydrogens (primary N) is 1. The Labute approximate surface area is 112 Å². The van der Waals surface area contributed by atoms with Gasteiger partial charge in [-0.15, -0.1) is 0 Å². The highest BCUT2D eigenvalue weighted by Gasteiger charge is 2.00. The monoisotopic (exact) mass is 259 g/mol. The molecule has 0 saturated carbocycles. The van der Waals surface area contributed by atoms with Crippen molar-refractivity contribution in [2.75, 3.05) is 18.9 Å².